The number of anilines is 2. The Morgan fingerprint density at radius 2 is 1.50 bits per heavy atom. The number of nitrogens with one attached hydrogen (secondary N) is 1. The zero-order valence-electron chi connectivity index (χ0n) is 9.13. The SMILES string of the molecule is Fc1ccc(Nc2cccc(C(F)(F)F)c2)cc1. The minimum absolute atomic E-state index is 0.302. The third kappa shape index (κ3) is 3.00. The van der Waals surface area contributed by atoms with E-state index in [-0.39, 0.29) is 0 Å². The summed E-state index contributed by atoms with van der Waals surface area (Å²) in [5.74, 6) is -0.399. The van der Waals surface area contributed by atoms with Crippen molar-refractivity contribution in [3.63, 3.8) is 0 Å². The second kappa shape index (κ2) is 4.68. The summed E-state index contributed by atoms with van der Waals surface area (Å²) in [4.78, 5) is 0. The Morgan fingerprint density at radius 3 is 2.11 bits per heavy atom. The van der Waals surface area contributed by atoms with Gasteiger partial charge < -0.3 is 5.32 Å². The molecule has 2 rings (SSSR count). The van der Waals surface area contributed by atoms with Gasteiger partial charge in [-0.1, -0.05) is 6.07 Å². The molecule has 0 spiro atoms. The van der Waals surface area contributed by atoms with Gasteiger partial charge in [-0.15, -0.1) is 0 Å². The molecule has 94 valence electrons. The number of hydrogen-bond donors (Lipinski definition) is 1. The van der Waals surface area contributed by atoms with Gasteiger partial charge in [-0.3, -0.25) is 0 Å². The number of halogens is 4. The molecular weight excluding hydrogens is 246 g/mol. The van der Waals surface area contributed by atoms with Crippen LogP contribution in [0.4, 0.5) is 28.9 Å². The summed E-state index contributed by atoms with van der Waals surface area (Å²) in [5.41, 5.74) is 0.0989. The van der Waals surface area contributed by atoms with Crippen molar-refractivity contribution >= 4 is 11.4 Å². The molecule has 0 saturated carbocycles. The molecule has 0 aliphatic carbocycles. The average Bonchev–Trinajstić information content (AvgIpc) is 2.31. The topological polar surface area (TPSA) is 12.0 Å². The van der Waals surface area contributed by atoms with Crippen LogP contribution in [0.15, 0.2) is 48.5 Å². The Balaban J connectivity index is 2.22. The molecule has 5 heteroatoms. The van der Waals surface area contributed by atoms with Crippen molar-refractivity contribution in [2.45, 2.75) is 6.18 Å². The van der Waals surface area contributed by atoms with E-state index < -0.39 is 17.6 Å². The molecule has 0 bridgehead atoms. The van der Waals surface area contributed by atoms with Crippen LogP contribution in [0.5, 0.6) is 0 Å². The third-order valence-corrected chi connectivity index (χ3v) is 2.32. The lowest BCUT2D eigenvalue weighted by Crippen LogP contribution is -2.05. The van der Waals surface area contributed by atoms with E-state index in [4.69, 9.17) is 0 Å². The Morgan fingerprint density at radius 1 is 0.833 bits per heavy atom. The van der Waals surface area contributed by atoms with Crippen LogP contribution in [-0.2, 0) is 6.18 Å². The van der Waals surface area contributed by atoms with Crippen LogP contribution in [0.25, 0.3) is 0 Å². The van der Waals surface area contributed by atoms with Crippen LogP contribution in [0.3, 0.4) is 0 Å². The lowest BCUT2D eigenvalue weighted by molar-refractivity contribution is -0.137. The highest BCUT2D eigenvalue weighted by Crippen LogP contribution is 2.31. The summed E-state index contributed by atoms with van der Waals surface area (Å²) in [6, 6.07) is 10.2. The molecule has 0 aliphatic rings. The molecule has 1 nitrogen and oxygen atoms in total. The van der Waals surface area contributed by atoms with Gasteiger partial charge in [0.2, 0.25) is 0 Å². The summed E-state index contributed by atoms with van der Waals surface area (Å²) in [7, 11) is 0. The Kier molecular flexibility index (Phi) is 3.23. The Hall–Kier alpha value is -2.04. The van der Waals surface area contributed by atoms with Crippen molar-refractivity contribution in [1.82, 2.24) is 0 Å². The van der Waals surface area contributed by atoms with Crippen molar-refractivity contribution in [2.24, 2.45) is 0 Å². The van der Waals surface area contributed by atoms with Gasteiger partial charge in [0.25, 0.3) is 0 Å². The van der Waals surface area contributed by atoms with E-state index in [0.29, 0.717) is 11.4 Å². The van der Waals surface area contributed by atoms with Crippen LogP contribution < -0.4 is 5.32 Å². The highest BCUT2D eigenvalue weighted by molar-refractivity contribution is 5.60. The van der Waals surface area contributed by atoms with Gasteiger partial charge in [0.05, 0.1) is 5.56 Å². The van der Waals surface area contributed by atoms with Crippen LogP contribution in [-0.4, -0.2) is 0 Å². The molecule has 0 aliphatic heterocycles. The molecule has 0 heterocycles. The Bertz CT molecular complexity index is 531. The molecule has 18 heavy (non-hydrogen) atoms. The summed E-state index contributed by atoms with van der Waals surface area (Å²) < 4.78 is 50.1. The van der Waals surface area contributed by atoms with Gasteiger partial charge >= 0.3 is 6.18 Å². The van der Waals surface area contributed by atoms with Crippen molar-refractivity contribution in [1.29, 1.82) is 0 Å². The van der Waals surface area contributed by atoms with E-state index >= 15 is 0 Å². The maximum Gasteiger partial charge on any atom is 0.416 e. The van der Waals surface area contributed by atoms with E-state index in [9.17, 15) is 17.6 Å². The third-order valence-electron chi connectivity index (χ3n) is 2.32. The van der Waals surface area contributed by atoms with Crippen LogP contribution in [0.1, 0.15) is 5.56 Å². The van der Waals surface area contributed by atoms with Gasteiger partial charge in [-0.2, -0.15) is 13.2 Å². The van der Waals surface area contributed by atoms with E-state index in [2.05, 4.69) is 5.32 Å². The first-order valence-electron chi connectivity index (χ1n) is 5.15. The van der Waals surface area contributed by atoms with Gasteiger partial charge in [0.1, 0.15) is 5.82 Å². The molecular formula is C13H9F4N. The zero-order chi connectivity index (χ0) is 13.2. The van der Waals surface area contributed by atoms with E-state index in [1.807, 2.05) is 0 Å². The highest BCUT2D eigenvalue weighted by atomic mass is 19.4. The highest BCUT2D eigenvalue weighted by Gasteiger charge is 2.30. The smallest absolute Gasteiger partial charge is 0.356 e. The molecule has 0 aromatic heterocycles. The van der Waals surface area contributed by atoms with Gasteiger partial charge in [-0.05, 0) is 42.5 Å². The predicted octanol–water partition coefficient (Wildman–Crippen LogP) is 4.59. The van der Waals surface area contributed by atoms with Crippen molar-refractivity contribution in [3.8, 4) is 0 Å². The van der Waals surface area contributed by atoms with Crippen molar-refractivity contribution in [2.75, 3.05) is 5.32 Å². The fourth-order valence-electron chi connectivity index (χ4n) is 1.47. The summed E-state index contributed by atoms with van der Waals surface area (Å²) in [5, 5.41) is 2.78. The van der Waals surface area contributed by atoms with Crippen LogP contribution in [0.2, 0.25) is 0 Å². The monoisotopic (exact) mass is 255 g/mol. The maximum atomic E-state index is 12.7. The largest absolute Gasteiger partial charge is 0.416 e. The number of alkyl halides is 3. The van der Waals surface area contributed by atoms with Crippen molar-refractivity contribution in [3.05, 3.63) is 59.9 Å². The fraction of sp³-hybridized carbons (Fsp3) is 0.0769. The van der Waals surface area contributed by atoms with E-state index in [0.717, 1.165) is 12.1 Å². The second-order valence-corrected chi connectivity index (χ2v) is 3.71. The molecule has 0 unspecified atom stereocenters. The van der Waals surface area contributed by atoms with E-state index in [1.54, 1.807) is 0 Å². The normalized spacial score (nSPS) is 11.3. The zero-order valence-corrected chi connectivity index (χ0v) is 9.13. The minimum atomic E-state index is -4.37. The van der Waals surface area contributed by atoms with Crippen molar-refractivity contribution < 1.29 is 17.6 Å². The number of hydrogen-bond acceptors (Lipinski definition) is 1. The minimum Gasteiger partial charge on any atom is -0.356 e. The van der Waals surface area contributed by atoms with Gasteiger partial charge in [0, 0.05) is 11.4 Å². The average molecular weight is 255 g/mol. The predicted molar refractivity (Wildman–Crippen MR) is 61.1 cm³/mol. The summed E-state index contributed by atoms with van der Waals surface area (Å²) in [6.45, 7) is 0. The first-order chi connectivity index (χ1) is 8.45. The molecule has 0 atom stereocenters. The number of rotatable bonds is 2. The number of benzene rings is 2. The summed E-state index contributed by atoms with van der Waals surface area (Å²) in [6.07, 6.45) is -4.37. The second-order valence-electron chi connectivity index (χ2n) is 3.71. The first kappa shape index (κ1) is 12.4. The molecule has 0 radical (unpaired) electrons. The van der Waals surface area contributed by atoms with Gasteiger partial charge in [-0.25, -0.2) is 4.39 Å². The standard InChI is InChI=1S/C13H9F4N/c14-10-4-6-11(7-5-10)18-12-3-1-2-9(8-12)13(15,16)17/h1-8,18H. The molecule has 0 saturated heterocycles. The van der Waals surface area contributed by atoms with E-state index in [1.165, 1.54) is 36.4 Å². The summed E-state index contributed by atoms with van der Waals surface area (Å²) >= 11 is 0. The Labute approximate surface area is 101 Å². The molecule has 0 amide bonds. The maximum absolute atomic E-state index is 12.7. The fourth-order valence-corrected chi connectivity index (χ4v) is 1.47. The quantitative estimate of drug-likeness (QED) is 0.774. The van der Waals surface area contributed by atoms with Crippen LogP contribution in [0, 0.1) is 5.82 Å². The molecule has 2 aromatic carbocycles. The molecule has 0 fully saturated rings. The molecule has 2 aromatic rings. The van der Waals surface area contributed by atoms with Crippen LogP contribution >= 0.6 is 0 Å². The first-order valence-corrected chi connectivity index (χ1v) is 5.15. The van der Waals surface area contributed by atoms with Gasteiger partial charge in [0.15, 0.2) is 0 Å². The lowest BCUT2D eigenvalue weighted by atomic mass is 10.2. The lowest BCUT2D eigenvalue weighted by Gasteiger charge is -2.10. The molecule has 1 N–H and O–H groups in total.